The van der Waals surface area contributed by atoms with E-state index in [0.29, 0.717) is 19.3 Å². The van der Waals surface area contributed by atoms with Crippen molar-refractivity contribution in [1.82, 2.24) is 0 Å². The molecular formula is C47H80O6. The summed E-state index contributed by atoms with van der Waals surface area (Å²) < 4.78 is 16.6. The lowest BCUT2D eigenvalue weighted by Crippen LogP contribution is -2.30. The summed E-state index contributed by atoms with van der Waals surface area (Å²) in [6.45, 7) is 6.39. The Kier molecular flexibility index (Phi) is 39.6. The van der Waals surface area contributed by atoms with Gasteiger partial charge >= 0.3 is 17.9 Å². The molecule has 0 aliphatic heterocycles. The van der Waals surface area contributed by atoms with E-state index in [-0.39, 0.29) is 37.5 Å². The van der Waals surface area contributed by atoms with Gasteiger partial charge in [-0.05, 0) is 32.1 Å². The number of carbonyl (C=O) groups excluding carboxylic acids is 3. The third-order valence-electron chi connectivity index (χ3n) is 9.16. The first-order valence-electron chi connectivity index (χ1n) is 21.9. The molecule has 0 bridgehead atoms. The minimum absolute atomic E-state index is 0.0946. The fraction of sp³-hybridized carbons (Fsp3) is 0.723. The van der Waals surface area contributed by atoms with Crippen molar-refractivity contribution in [2.24, 2.45) is 0 Å². The number of carbonyl (C=O) groups is 3. The van der Waals surface area contributed by atoms with Crippen LogP contribution in [0.15, 0.2) is 60.8 Å². The van der Waals surface area contributed by atoms with Crippen molar-refractivity contribution in [3.8, 4) is 0 Å². The van der Waals surface area contributed by atoms with Gasteiger partial charge in [0.1, 0.15) is 13.2 Å². The Labute approximate surface area is 326 Å². The highest BCUT2D eigenvalue weighted by Gasteiger charge is 2.19. The Hall–Kier alpha value is -2.89. The van der Waals surface area contributed by atoms with Gasteiger partial charge in [0.15, 0.2) is 6.10 Å². The second kappa shape index (κ2) is 41.9. The Morgan fingerprint density at radius 2 is 0.736 bits per heavy atom. The first-order chi connectivity index (χ1) is 26.0. The van der Waals surface area contributed by atoms with E-state index in [1.807, 2.05) is 54.7 Å². The van der Waals surface area contributed by atoms with E-state index >= 15 is 0 Å². The third kappa shape index (κ3) is 40.1. The number of allylic oxidation sites excluding steroid dienone is 10. The predicted octanol–water partition coefficient (Wildman–Crippen LogP) is 13.7. The minimum Gasteiger partial charge on any atom is -0.462 e. The van der Waals surface area contributed by atoms with Crippen LogP contribution in [0, 0.1) is 0 Å². The van der Waals surface area contributed by atoms with E-state index in [1.165, 1.54) is 103 Å². The summed E-state index contributed by atoms with van der Waals surface area (Å²) in [6.07, 6.45) is 49.2. The first kappa shape index (κ1) is 50.1. The van der Waals surface area contributed by atoms with Crippen LogP contribution in [0.5, 0.6) is 0 Å². The molecule has 1 unspecified atom stereocenters. The molecular weight excluding hydrogens is 661 g/mol. The maximum Gasteiger partial charge on any atom is 0.306 e. The molecule has 0 spiro atoms. The number of ether oxygens (including phenoxy) is 3. The summed E-state index contributed by atoms with van der Waals surface area (Å²) in [7, 11) is 0. The van der Waals surface area contributed by atoms with Crippen LogP contribution in [-0.2, 0) is 28.6 Å². The second-order valence-corrected chi connectivity index (χ2v) is 14.4. The Balaban J connectivity index is 4.48. The molecule has 0 N–H and O–H groups in total. The highest BCUT2D eigenvalue weighted by Crippen LogP contribution is 2.14. The average molecular weight is 741 g/mol. The summed E-state index contributed by atoms with van der Waals surface area (Å²) >= 11 is 0. The van der Waals surface area contributed by atoms with Gasteiger partial charge in [-0.25, -0.2) is 0 Å². The smallest absolute Gasteiger partial charge is 0.306 e. The van der Waals surface area contributed by atoms with E-state index in [2.05, 4.69) is 26.8 Å². The van der Waals surface area contributed by atoms with Gasteiger partial charge in [-0.15, -0.1) is 0 Å². The van der Waals surface area contributed by atoms with E-state index < -0.39 is 6.10 Å². The number of unbranched alkanes of at least 4 members (excludes halogenated alkanes) is 21. The number of rotatable bonds is 38. The zero-order chi connectivity index (χ0) is 38.7. The zero-order valence-electron chi connectivity index (χ0n) is 34.5. The molecule has 0 saturated heterocycles. The topological polar surface area (TPSA) is 78.9 Å². The average Bonchev–Trinajstić information content (AvgIpc) is 3.15. The van der Waals surface area contributed by atoms with Crippen molar-refractivity contribution in [1.29, 1.82) is 0 Å². The van der Waals surface area contributed by atoms with Crippen LogP contribution < -0.4 is 0 Å². The van der Waals surface area contributed by atoms with Crippen LogP contribution in [0.25, 0.3) is 0 Å². The van der Waals surface area contributed by atoms with Crippen molar-refractivity contribution < 1.29 is 28.6 Å². The molecule has 1 atom stereocenters. The first-order valence-corrected chi connectivity index (χ1v) is 21.9. The maximum atomic E-state index is 12.7. The molecule has 0 aliphatic carbocycles. The van der Waals surface area contributed by atoms with Gasteiger partial charge in [0.05, 0.1) is 0 Å². The van der Waals surface area contributed by atoms with Gasteiger partial charge in [-0.3, -0.25) is 14.4 Å². The summed E-state index contributed by atoms with van der Waals surface area (Å²) in [5.41, 5.74) is 0. The maximum absolute atomic E-state index is 12.7. The standard InChI is InChI=1S/C47H80O6/c1-4-7-10-13-16-19-21-23-25-28-31-34-37-40-46(49)52-43-44(42-51-45(48)39-36-33-30-27-18-15-12-9-6-3)53-47(50)41-38-35-32-29-26-24-22-20-17-14-11-8-5-2/h7,10,13,16,19,21,23,25,28,31,44H,4-6,8-9,11-12,14-15,17-18,20,22,24,26-27,29-30,32-43H2,1-3H3/b10-7-,16-13-,21-19-,25-23-,31-28-. The van der Waals surface area contributed by atoms with Crippen molar-refractivity contribution in [3.63, 3.8) is 0 Å². The molecule has 0 saturated carbocycles. The monoisotopic (exact) mass is 741 g/mol. The summed E-state index contributed by atoms with van der Waals surface area (Å²) in [6, 6.07) is 0. The second-order valence-electron chi connectivity index (χ2n) is 14.4. The largest absolute Gasteiger partial charge is 0.462 e. The Morgan fingerprint density at radius 3 is 1.15 bits per heavy atom. The van der Waals surface area contributed by atoms with Gasteiger partial charge in [-0.2, -0.15) is 0 Å². The highest BCUT2D eigenvalue weighted by molar-refractivity contribution is 5.71. The Morgan fingerprint density at radius 1 is 0.396 bits per heavy atom. The van der Waals surface area contributed by atoms with Crippen molar-refractivity contribution in [3.05, 3.63) is 60.8 Å². The highest BCUT2D eigenvalue weighted by atomic mass is 16.6. The van der Waals surface area contributed by atoms with Gasteiger partial charge in [0.2, 0.25) is 0 Å². The molecule has 0 fully saturated rings. The number of hydrogen-bond donors (Lipinski definition) is 0. The molecule has 0 aliphatic rings. The lowest BCUT2D eigenvalue weighted by molar-refractivity contribution is -0.167. The van der Waals surface area contributed by atoms with Crippen LogP contribution in [0.2, 0.25) is 0 Å². The molecule has 304 valence electrons. The molecule has 6 heteroatoms. The normalized spacial score (nSPS) is 12.6. The molecule has 0 radical (unpaired) electrons. The quantitative estimate of drug-likeness (QED) is 0.0271. The van der Waals surface area contributed by atoms with Crippen LogP contribution >= 0.6 is 0 Å². The van der Waals surface area contributed by atoms with Crippen LogP contribution in [-0.4, -0.2) is 37.2 Å². The molecule has 0 aromatic rings. The molecule has 0 rings (SSSR count). The van der Waals surface area contributed by atoms with E-state index in [1.54, 1.807) is 0 Å². The lowest BCUT2D eigenvalue weighted by atomic mass is 10.0. The summed E-state index contributed by atoms with van der Waals surface area (Å²) in [4.78, 5) is 37.6. The fourth-order valence-corrected chi connectivity index (χ4v) is 5.88. The molecule has 0 aromatic carbocycles. The van der Waals surface area contributed by atoms with E-state index in [4.69, 9.17) is 14.2 Å². The van der Waals surface area contributed by atoms with Crippen molar-refractivity contribution >= 4 is 17.9 Å². The van der Waals surface area contributed by atoms with Crippen LogP contribution in [0.4, 0.5) is 0 Å². The summed E-state index contributed by atoms with van der Waals surface area (Å²) in [5.74, 6) is -0.977. The Bertz CT molecular complexity index is 991. The van der Waals surface area contributed by atoms with Gasteiger partial charge < -0.3 is 14.2 Å². The fourth-order valence-electron chi connectivity index (χ4n) is 5.88. The van der Waals surface area contributed by atoms with E-state index in [0.717, 1.165) is 51.4 Å². The van der Waals surface area contributed by atoms with Gasteiger partial charge in [0, 0.05) is 19.3 Å². The van der Waals surface area contributed by atoms with Crippen LogP contribution in [0.1, 0.15) is 201 Å². The molecule has 6 nitrogen and oxygen atoms in total. The zero-order valence-corrected chi connectivity index (χ0v) is 34.5. The molecule has 0 aromatic heterocycles. The van der Waals surface area contributed by atoms with Crippen molar-refractivity contribution in [2.45, 2.75) is 207 Å². The number of esters is 3. The third-order valence-corrected chi connectivity index (χ3v) is 9.16. The number of hydrogen-bond acceptors (Lipinski definition) is 6. The van der Waals surface area contributed by atoms with Gasteiger partial charge in [-0.1, -0.05) is 210 Å². The van der Waals surface area contributed by atoms with Crippen LogP contribution in [0.3, 0.4) is 0 Å². The minimum atomic E-state index is -0.795. The lowest BCUT2D eigenvalue weighted by Gasteiger charge is -2.18. The SMILES string of the molecule is CC\C=C/C=C\C=C/C=C\C=C/CCCC(=O)OCC(COC(=O)CCCCCCCCCCC)OC(=O)CCCCCCCCCCCCCCC. The molecule has 0 heterocycles. The van der Waals surface area contributed by atoms with Crippen molar-refractivity contribution in [2.75, 3.05) is 13.2 Å². The molecule has 53 heavy (non-hydrogen) atoms. The van der Waals surface area contributed by atoms with Gasteiger partial charge in [0.25, 0.3) is 0 Å². The van der Waals surface area contributed by atoms with E-state index in [9.17, 15) is 14.4 Å². The summed E-state index contributed by atoms with van der Waals surface area (Å²) in [5, 5.41) is 0. The predicted molar refractivity (Wildman–Crippen MR) is 224 cm³/mol. The molecule has 0 amide bonds.